The first-order chi connectivity index (χ1) is 10.6. The lowest BCUT2D eigenvalue weighted by Crippen LogP contribution is -2.30. The van der Waals surface area contributed by atoms with E-state index >= 15 is 0 Å². The van der Waals surface area contributed by atoms with Gasteiger partial charge in [0.2, 0.25) is 0 Å². The maximum atomic E-state index is 12.4. The van der Waals surface area contributed by atoms with Crippen LogP contribution in [-0.4, -0.2) is 31.4 Å². The third-order valence-corrected chi connectivity index (χ3v) is 3.60. The lowest BCUT2D eigenvalue weighted by Gasteiger charge is -2.07. The Labute approximate surface area is 125 Å². The summed E-state index contributed by atoms with van der Waals surface area (Å²) in [7, 11) is 0. The first-order valence-corrected chi connectivity index (χ1v) is 6.75. The number of aryl methyl sites for hydroxylation is 2. The molecule has 0 saturated heterocycles. The van der Waals surface area contributed by atoms with Gasteiger partial charge in [0.25, 0.3) is 23.5 Å². The number of carbonyl (C=O) groups is 2. The summed E-state index contributed by atoms with van der Waals surface area (Å²) in [5.74, 6) is -0.409. The number of rotatable bonds is 1. The molecule has 0 atom stereocenters. The molecule has 0 saturated carbocycles. The second-order valence-corrected chi connectivity index (χ2v) is 5.15. The quantitative estimate of drug-likeness (QED) is 0.636. The van der Waals surface area contributed by atoms with Gasteiger partial charge in [0.05, 0.1) is 11.1 Å². The number of hydrogen-bond donors (Lipinski definition) is 0. The molecule has 108 valence electrons. The monoisotopic (exact) mass is 293 g/mol. The van der Waals surface area contributed by atoms with E-state index in [1.807, 2.05) is 19.9 Å². The van der Waals surface area contributed by atoms with Gasteiger partial charge in [-0.15, -0.1) is 5.10 Å². The molecule has 7 heteroatoms. The molecule has 0 radical (unpaired) electrons. The molecule has 0 fully saturated rings. The Morgan fingerprint density at radius 2 is 1.59 bits per heavy atom. The van der Waals surface area contributed by atoms with Crippen molar-refractivity contribution in [3.8, 4) is 0 Å². The van der Waals surface area contributed by atoms with Gasteiger partial charge in [0.15, 0.2) is 0 Å². The van der Waals surface area contributed by atoms with Crippen molar-refractivity contribution < 1.29 is 9.59 Å². The summed E-state index contributed by atoms with van der Waals surface area (Å²) in [4.78, 5) is 34.4. The van der Waals surface area contributed by atoms with Crippen molar-refractivity contribution in [1.82, 2.24) is 19.6 Å². The first-order valence-electron chi connectivity index (χ1n) is 6.75. The van der Waals surface area contributed by atoms with E-state index < -0.39 is 11.8 Å². The van der Waals surface area contributed by atoms with Gasteiger partial charge in [-0.25, -0.2) is 9.88 Å². The maximum absolute atomic E-state index is 12.4. The highest BCUT2D eigenvalue weighted by molar-refractivity contribution is 6.33. The molecule has 22 heavy (non-hydrogen) atoms. The molecule has 1 aliphatic rings. The predicted octanol–water partition coefficient (Wildman–Crippen LogP) is 1.54. The Morgan fingerprint density at radius 1 is 0.955 bits per heavy atom. The highest BCUT2D eigenvalue weighted by Crippen LogP contribution is 2.26. The van der Waals surface area contributed by atoms with Crippen LogP contribution in [0, 0.1) is 13.8 Å². The van der Waals surface area contributed by atoms with Crippen LogP contribution in [0.5, 0.6) is 0 Å². The van der Waals surface area contributed by atoms with E-state index in [9.17, 15) is 9.59 Å². The molecule has 0 spiro atoms. The second kappa shape index (κ2) is 4.20. The van der Waals surface area contributed by atoms with Crippen LogP contribution in [0.2, 0.25) is 0 Å². The topological polar surface area (TPSA) is 80.5 Å². The molecule has 1 aromatic carbocycles. The molecule has 1 aliphatic heterocycles. The Hall–Kier alpha value is -3.09. The normalized spacial score (nSPS) is 14.0. The van der Waals surface area contributed by atoms with Crippen LogP contribution in [0.15, 0.2) is 30.3 Å². The van der Waals surface area contributed by atoms with Gasteiger partial charge >= 0.3 is 0 Å². The fraction of sp³-hybridized carbons (Fsp3) is 0.133. The summed E-state index contributed by atoms with van der Waals surface area (Å²) >= 11 is 0. The smallest absolute Gasteiger partial charge is 0.268 e. The molecule has 0 N–H and O–H groups in total. The van der Waals surface area contributed by atoms with Crippen LogP contribution >= 0.6 is 0 Å². The van der Waals surface area contributed by atoms with Crippen molar-refractivity contribution in [2.24, 2.45) is 0 Å². The number of hydrogen-bond acceptors (Lipinski definition) is 5. The van der Waals surface area contributed by atoms with Gasteiger partial charge in [-0.1, -0.05) is 12.1 Å². The zero-order valence-corrected chi connectivity index (χ0v) is 11.9. The summed E-state index contributed by atoms with van der Waals surface area (Å²) in [5, 5.41) is 4.25. The van der Waals surface area contributed by atoms with E-state index in [1.54, 1.807) is 24.3 Å². The van der Waals surface area contributed by atoms with E-state index in [-0.39, 0.29) is 5.95 Å². The van der Waals surface area contributed by atoms with Crippen molar-refractivity contribution in [1.29, 1.82) is 0 Å². The molecule has 2 aromatic heterocycles. The molecule has 7 nitrogen and oxygen atoms in total. The fourth-order valence-electron chi connectivity index (χ4n) is 2.62. The summed E-state index contributed by atoms with van der Waals surface area (Å²) < 4.78 is 1.52. The predicted molar refractivity (Wildman–Crippen MR) is 77.8 cm³/mol. The number of benzene rings is 1. The summed E-state index contributed by atoms with van der Waals surface area (Å²) in [6.07, 6.45) is 0. The molecule has 4 rings (SSSR count). The van der Waals surface area contributed by atoms with Crippen LogP contribution in [-0.2, 0) is 0 Å². The van der Waals surface area contributed by atoms with Crippen LogP contribution in [0.1, 0.15) is 32.1 Å². The van der Waals surface area contributed by atoms with Crippen LogP contribution < -0.4 is 4.90 Å². The minimum absolute atomic E-state index is 0.0485. The minimum Gasteiger partial charge on any atom is -0.268 e. The van der Waals surface area contributed by atoms with E-state index in [1.165, 1.54) is 4.52 Å². The van der Waals surface area contributed by atoms with Gasteiger partial charge in [-0.2, -0.15) is 9.50 Å². The third-order valence-electron chi connectivity index (χ3n) is 3.60. The molecule has 3 heterocycles. The molecular weight excluding hydrogens is 282 g/mol. The molecule has 3 aromatic rings. The minimum atomic E-state index is -0.411. The van der Waals surface area contributed by atoms with Crippen molar-refractivity contribution in [2.75, 3.05) is 4.90 Å². The Balaban J connectivity index is 1.89. The Kier molecular flexibility index (Phi) is 2.41. The summed E-state index contributed by atoms with van der Waals surface area (Å²) in [6.45, 7) is 3.71. The number of nitrogens with zero attached hydrogens (tertiary/aromatic N) is 5. The van der Waals surface area contributed by atoms with Crippen molar-refractivity contribution in [3.63, 3.8) is 0 Å². The SMILES string of the molecule is Cc1cc(C)n2nc(N3C(=O)c4ccccc4C3=O)nc2n1. The largest absolute Gasteiger partial charge is 0.268 e. The first kappa shape index (κ1) is 12.6. The molecule has 0 bridgehead atoms. The Bertz CT molecular complexity index is 925. The lowest BCUT2D eigenvalue weighted by molar-refractivity contribution is 0.0924. The van der Waals surface area contributed by atoms with E-state index in [0.29, 0.717) is 16.9 Å². The standard InChI is InChI=1S/C15H11N5O2/c1-8-7-9(2)20-14(16-8)17-15(18-20)19-12(21)10-5-3-4-6-11(10)13(19)22/h3-7H,1-2H3. The average Bonchev–Trinajstić information content (AvgIpc) is 3.00. The Morgan fingerprint density at radius 3 is 2.23 bits per heavy atom. The highest BCUT2D eigenvalue weighted by Gasteiger charge is 2.38. The summed E-state index contributed by atoms with van der Waals surface area (Å²) in [6, 6.07) is 8.55. The molecule has 0 aliphatic carbocycles. The van der Waals surface area contributed by atoms with Gasteiger partial charge in [0, 0.05) is 11.4 Å². The zero-order chi connectivity index (χ0) is 15.4. The zero-order valence-electron chi connectivity index (χ0n) is 11.9. The van der Waals surface area contributed by atoms with Crippen LogP contribution in [0.25, 0.3) is 5.78 Å². The van der Waals surface area contributed by atoms with Crippen LogP contribution in [0.3, 0.4) is 0 Å². The molecule has 2 amide bonds. The third kappa shape index (κ3) is 1.59. The number of imide groups is 1. The van der Waals surface area contributed by atoms with Crippen LogP contribution in [0.4, 0.5) is 5.95 Å². The van der Waals surface area contributed by atoms with E-state index in [0.717, 1.165) is 16.3 Å². The van der Waals surface area contributed by atoms with Gasteiger partial charge < -0.3 is 0 Å². The molecular formula is C15H11N5O2. The van der Waals surface area contributed by atoms with E-state index in [4.69, 9.17) is 0 Å². The molecule has 0 unspecified atom stereocenters. The van der Waals surface area contributed by atoms with Crippen molar-refractivity contribution >= 4 is 23.5 Å². The van der Waals surface area contributed by atoms with Crippen molar-refractivity contribution in [2.45, 2.75) is 13.8 Å². The van der Waals surface area contributed by atoms with Gasteiger partial charge in [-0.3, -0.25) is 9.59 Å². The number of carbonyl (C=O) groups excluding carboxylic acids is 2. The number of fused-ring (bicyclic) bond motifs is 2. The number of aromatic nitrogens is 4. The van der Waals surface area contributed by atoms with Gasteiger partial charge in [-0.05, 0) is 32.0 Å². The number of amides is 2. The summed E-state index contributed by atoms with van der Waals surface area (Å²) in [5.41, 5.74) is 2.36. The fourth-order valence-corrected chi connectivity index (χ4v) is 2.62. The lowest BCUT2D eigenvalue weighted by atomic mass is 10.1. The number of anilines is 1. The average molecular weight is 293 g/mol. The highest BCUT2D eigenvalue weighted by atomic mass is 16.2. The second-order valence-electron chi connectivity index (χ2n) is 5.15. The van der Waals surface area contributed by atoms with Crippen molar-refractivity contribution in [3.05, 3.63) is 52.8 Å². The van der Waals surface area contributed by atoms with Gasteiger partial charge in [0.1, 0.15) is 0 Å². The maximum Gasteiger partial charge on any atom is 0.268 e. The van der Waals surface area contributed by atoms with E-state index in [2.05, 4.69) is 15.1 Å².